The minimum atomic E-state index is -3.54. The van der Waals surface area contributed by atoms with E-state index >= 15 is 0 Å². The molecule has 3 fully saturated rings. The van der Waals surface area contributed by atoms with Crippen LogP contribution in [0.3, 0.4) is 0 Å². The predicted octanol–water partition coefficient (Wildman–Crippen LogP) is 2.07. The predicted molar refractivity (Wildman–Crippen MR) is 106 cm³/mol. The van der Waals surface area contributed by atoms with Crippen molar-refractivity contribution in [1.82, 2.24) is 19.4 Å². The Hall–Kier alpha value is -1.41. The number of piperidine rings is 1. The molecule has 1 N–H and O–H groups in total. The molecule has 1 saturated heterocycles. The molecule has 2 aliphatic carbocycles. The zero-order valence-electron chi connectivity index (χ0n) is 17.1. The lowest BCUT2D eigenvalue weighted by molar-refractivity contribution is -0.127. The fraction of sp³-hybridized carbons (Fsp3) is 0.800. The minimum Gasteiger partial charge on any atom is -0.353 e. The molecule has 7 nitrogen and oxygen atoms in total. The van der Waals surface area contributed by atoms with Crippen molar-refractivity contribution < 1.29 is 13.2 Å². The Kier molecular flexibility index (Phi) is 5.29. The van der Waals surface area contributed by atoms with E-state index in [0.29, 0.717) is 37.5 Å². The first-order chi connectivity index (χ1) is 13.3. The van der Waals surface area contributed by atoms with E-state index in [0.717, 1.165) is 11.8 Å². The van der Waals surface area contributed by atoms with Crippen LogP contribution >= 0.6 is 0 Å². The van der Waals surface area contributed by atoms with Gasteiger partial charge >= 0.3 is 0 Å². The number of aryl methyl sites for hydroxylation is 1. The summed E-state index contributed by atoms with van der Waals surface area (Å²) in [6, 6.07) is 0.225. The summed E-state index contributed by atoms with van der Waals surface area (Å²) in [7, 11) is -1.81. The molecule has 2 bridgehead atoms. The molecule has 4 atom stereocenters. The smallest absolute Gasteiger partial charge is 0.246 e. The topological polar surface area (TPSA) is 84.3 Å². The Morgan fingerprint density at radius 1 is 1.21 bits per heavy atom. The van der Waals surface area contributed by atoms with Crippen LogP contribution < -0.4 is 5.32 Å². The Balaban J connectivity index is 1.32. The highest BCUT2D eigenvalue weighted by Crippen LogP contribution is 2.49. The normalized spacial score (nSPS) is 29.9. The largest absolute Gasteiger partial charge is 0.353 e. The molecular weight excluding hydrogens is 376 g/mol. The lowest BCUT2D eigenvalue weighted by Crippen LogP contribution is -2.47. The van der Waals surface area contributed by atoms with Gasteiger partial charge in [-0.1, -0.05) is 6.42 Å². The fourth-order valence-corrected chi connectivity index (χ4v) is 7.24. The molecule has 2 heterocycles. The molecule has 8 heteroatoms. The summed E-state index contributed by atoms with van der Waals surface area (Å²) < 4.78 is 28.9. The van der Waals surface area contributed by atoms with E-state index in [1.165, 1.54) is 36.2 Å². The summed E-state index contributed by atoms with van der Waals surface area (Å²) in [4.78, 5) is 13.0. The molecule has 0 radical (unpaired) electrons. The maximum atomic E-state index is 12.9. The third-order valence-corrected chi connectivity index (χ3v) is 9.44. The Morgan fingerprint density at radius 3 is 2.46 bits per heavy atom. The zero-order chi connectivity index (χ0) is 20.1. The second-order valence-electron chi connectivity index (χ2n) is 9.03. The van der Waals surface area contributed by atoms with E-state index in [2.05, 4.69) is 17.3 Å². The molecule has 28 heavy (non-hydrogen) atoms. The van der Waals surface area contributed by atoms with Crippen molar-refractivity contribution in [3.63, 3.8) is 0 Å². The number of rotatable bonds is 5. The van der Waals surface area contributed by atoms with E-state index in [1.54, 1.807) is 18.7 Å². The number of fused-ring (bicyclic) bond motifs is 2. The zero-order valence-corrected chi connectivity index (χ0v) is 17.9. The summed E-state index contributed by atoms with van der Waals surface area (Å²) in [6.45, 7) is 4.68. The molecular formula is C20H32N4O3S. The molecule has 1 amide bonds. The number of aromatic nitrogens is 2. The maximum absolute atomic E-state index is 12.9. The molecule has 0 spiro atoms. The quantitative estimate of drug-likeness (QED) is 0.808. The number of sulfonamides is 1. The first kappa shape index (κ1) is 19.9. The molecule has 1 aromatic heterocycles. The van der Waals surface area contributed by atoms with Crippen molar-refractivity contribution in [2.45, 2.75) is 63.3 Å². The first-order valence-electron chi connectivity index (χ1n) is 10.6. The first-order valence-corrected chi connectivity index (χ1v) is 12.0. The van der Waals surface area contributed by atoms with E-state index in [-0.39, 0.29) is 22.8 Å². The summed E-state index contributed by atoms with van der Waals surface area (Å²) in [5.41, 5.74) is 0.638. The monoisotopic (exact) mass is 408 g/mol. The van der Waals surface area contributed by atoms with Gasteiger partial charge < -0.3 is 5.32 Å². The highest BCUT2D eigenvalue weighted by Gasteiger charge is 2.42. The highest BCUT2D eigenvalue weighted by molar-refractivity contribution is 7.89. The number of nitrogens with one attached hydrogen (secondary N) is 1. The molecule has 1 aliphatic heterocycles. The van der Waals surface area contributed by atoms with Crippen LogP contribution in [0.1, 0.15) is 51.1 Å². The number of amides is 1. The van der Waals surface area contributed by atoms with Crippen molar-refractivity contribution in [3.05, 3.63) is 11.9 Å². The molecule has 1 aromatic rings. The van der Waals surface area contributed by atoms with Crippen molar-refractivity contribution in [2.75, 3.05) is 13.1 Å². The molecule has 0 unspecified atom stereocenters. The van der Waals surface area contributed by atoms with Crippen LogP contribution in [0.15, 0.2) is 11.1 Å². The number of nitrogens with zero attached hydrogens (tertiary/aromatic N) is 3. The Morgan fingerprint density at radius 2 is 1.93 bits per heavy atom. The third kappa shape index (κ3) is 3.49. The van der Waals surface area contributed by atoms with Gasteiger partial charge in [0.05, 0.1) is 11.9 Å². The Bertz CT molecular complexity index is 842. The van der Waals surface area contributed by atoms with E-state index in [1.807, 2.05) is 0 Å². The number of hydrogen-bond donors (Lipinski definition) is 1. The molecule has 3 aliphatic rings. The van der Waals surface area contributed by atoms with Gasteiger partial charge in [0.25, 0.3) is 0 Å². The van der Waals surface area contributed by atoms with Crippen LogP contribution in [0.4, 0.5) is 0 Å². The van der Waals surface area contributed by atoms with Crippen molar-refractivity contribution in [2.24, 2.45) is 30.7 Å². The highest BCUT2D eigenvalue weighted by atomic mass is 32.2. The van der Waals surface area contributed by atoms with Gasteiger partial charge in [0.15, 0.2) is 0 Å². The summed E-state index contributed by atoms with van der Waals surface area (Å²) >= 11 is 0. The van der Waals surface area contributed by atoms with E-state index in [9.17, 15) is 13.2 Å². The summed E-state index contributed by atoms with van der Waals surface area (Å²) in [6.07, 6.45) is 7.86. The van der Waals surface area contributed by atoms with Crippen molar-refractivity contribution >= 4 is 15.9 Å². The van der Waals surface area contributed by atoms with E-state index < -0.39 is 10.0 Å². The Labute approximate surface area is 167 Å². The molecule has 4 rings (SSSR count). The van der Waals surface area contributed by atoms with Gasteiger partial charge in [-0.2, -0.15) is 9.40 Å². The van der Waals surface area contributed by atoms with Crippen LogP contribution in [0.2, 0.25) is 0 Å². The number of carbonyl (C=O) groups is 1. The van der Waals surface area contributed by atoms with Crippen LogP contribution in [0.25, 0.3) is 0 Å². The van der Waals surface area contributed by atoms with Gasteiger partial charge in [0, 0.05) is 32.1 Å². The van der Waals surface area contributed by atoms with Crippen LogP contribution in [0.5, 0.6) is 0 Å². The average Bonchev–Trinajstić information content (AvgIpc) is 3.39. The lowest BCUT2D eigenvalue weighted by atomic mass is 9.83. The second kappa shape index (κ2) is 7.44. The van der Waals surface area contributed by atoms with E-state index in [4.69, 9.17) is 0 Å². The summed E-state index contributed by atoms with van der Waals surface area (Å²) in [5.74, 6) is 2.29. The third-order valence-electron chi connectivity index (χ3n) is 7.44. The van der Waals surface area contributed by atoms with Crippen LogP contribution in [-0.4, -0.2) is 47.5 Å². The average molecular weight is 409 g/mol. The maximum Gasteiger partial charge on any atom is 0.246 e. The fourth-order valence-electron chi connectivity index (χ4n) is 5.58. The van der Waals surface area contributed by atoms with Gasteiger partial charge in [-0.25, -0.2) is 8.42 Å². The van der Waals surface area contributed by atoms with Gasteiger partial charge in [0.1, 0.15) is 4.90 Å². The van der Waals surface area contributed by atoms with Gasteiger partial charge in [-0.05, 0) is 63.7 Å². The molecule has 156 valence electrons. The molecule has 0 aromatic carbocycles. The van der Waals surface area contributed by atoms with Crippen LogP contribution in [-0.2, 0) is 21.9 Å². The number of carbonyl (C=O) groups excluding carboxylic acids is 1. The van der Waals surface area contributed by atoms with Gasteiger partial charge in [-0.3, -0.25) is 9.48 Å². The van der Waals surface area contributed by atoms with Gasteiger partial charge in [0.2, 0.25) is 15.9 Å². The molecule has 2 saturated carbocycles. The standard InChI is InChI=1S/C20H32N4O3S/c1-13(18-11-15-4-5-17(18)10-15)22-20(25)16-6-8-24(9-7-16)28(26,27)19-12-21-23(3)14(19)2/h12-13,15-18H,4-11H2,1-3H3,(H,22,25)/t13-,15+,17+,18-/m1/s1. The number of hydrogen-bond acceptors (Lipinski definition) is 4. The summed E-state index contributed by atoms with van der Waals surface area (Å²) in [5, 5.41) is 7.31. The lowest BCUT2D eigenvalue weighted by Gasteiger charge is -2.33. The van der Waals surface area contributed by atoms with Gasteiger partial charge in [-0.15, -0.1) is 0 Å². The van der Waals surface area contributed by atoms with Crippen LogP contribution in [0, 0.1) is 30.6 Å². The minimum absolute atomic E-state index is 0.0949. The SMILES string of the molecule is Cc1c(S(=O)(=O)N2CCC(C(=O)N[C@H](C)[C@H]3C[C@H]4CC[C@H]3C4)CC2)cnn1C. The second-order valence-corrected chi connectivity index (χ2v) is 10.9. The van der Waals surface area contributed by atoms with Crippen molar-refractivity contribution in [1.29, 1.82) is 0 Å². The van der Waals surface area contributed by atoms with Crippen molar-refractivity contribution in [3.8, 4) is 0 Å².